The largest absolute Gasteiger partial charge is 0.491 e. The zero-order chi connectivity index (χ0) is 26.4. The lowest BCUT2D eigenvalue weighted by Crippen LogP contribution is -2.49. The van der Waals surface area contributed by atoms with Crippen molar-refractivity contribution in [2.45, 2.75) is 20.0 Å². The molecule has 0 bridgehead atoms. The van der Waals surface area contributed by atoms with E-state index < -0.39 is 0 Å². The molecule has 2 amide bonds. The number of piperazine rings is 1. The zero-order valence-electron chi connectivity index (χ0n) is 20.7. The smallest absolute Gasteiger partial charge is 0.257 e. The Morgan fingerprint density at radius 2 is 1.62 bits per heavy atom. The van der Waals surface area contributed by atoms with Crippen molar-refractivity contribution in [3.63, 3.8) is 0 Å². The molecule has 0 atom stereocenters. The maximum Gasteiger partial charge on any atom is 0.257 e. The minimum atomic E-state index is -0.321. The number of para-hydroxylation sites is 2. The lowest BCUT2D eigenvalue weighted by atomic mass is 10.1. The van der Waals surface area contributed by atoms with Gasteiger partial charge in [0.2, 0.25) is 0 Å². The molecule has 1 saturated heterocycles. The first-order valence-corrected chi connectivity index (χ1v) is 12.9. The molecular weight excluding hydrogens is 508 g/mol. The summed E-state index contributed by atoms with van der Waals surface area (Å²) in [6.45, 7) is 6.37. The molecule has 1 fully saturated rings. The van der Waals surface area contributed by atoms with Gasteiger partial charge in [-0.2, -0.15) is 0 Å². The van der Waals surface area contributed by atoms with Gasteiger partial charge in [-0.1, -0.05) is 29.8 Å². The van der Waals surface area contributed by atoms with Crippen LogP contribution in [0.4, 0.5) is 11.4 Å². The van der Waals surface area contributed by atoms with E-state index in [4.69, 9.17) is 28.6 Å². The maximum absolute atomic E-state index is 12.8. The molecule has 37 heavy (non-hydrogen) atoms. The number of hydrogen-bond donors (Lipinski definition) is 2. The summed E-state index contributed by atoms with van der Waals surface area (Å²) in [5.41, 5.74) is 2.81. The van der Waals surface area contributed by atoms with E-state index in [-0.39, 0.29) is 23.0 Å². The number of hydrogen-bond acceptors (Lipinski definition) is 5. The second-order valence-electron chi connectivity index (χ2n) is 8.91. The fourth-order valence-electron chi connectivity index (χ4n) is 4.09. The van der Waals surface area contributed by atoms with E-state index in [1.807, 2.05) is 49.1 Å². The van der Waals surface area contributed by atoms with Gasteiger partial charge in [-0.15, -0.1) is 0 Å². The highest BCUT2D eigenvalue weighted by Gasteiger charge is 2.24. The summed E-state index contributed by atoms with van der Waals surface area (Å²) in [6, 6.07) is 21.7. The van der Waals surface area contributed by atoms with Gasteiger partial charge < -0.3 is 19.9 Å². The van der Waals surface area contributed by atoms with E-state index in [0.29, 0.717) is 48.1 Å². The number of carbonyl (C=O) groups excluding carboxylic acids is 2. The number of carbonyl (C=O) groups is 2. The first kappa shape index (κ1) is 26.4. The summed E-state index contributed by atoms with van der Waals surface area (Å²) in [5, 5.41) is 6.70. The van der Waals surface area contributed by atoms with Gasteiger partial charge in [0.15, 0.2) is 5.11 Å². The molecule has 0 saturated carbocycles. The Labute approximate surface area is 227 Å². The van der Waals surface area contributed by atoms with Gasteiger partial charge in [-0.3, -0.25) is 14.9 Å². The molecule has 3 aromatic rings. The molecule has 9 heteroatoms. The first-order valence-electron chi connectivity index (χ1n) is 12.1. The molecule has 4 rings (SSSR count). The highest BCUT2D eigenvalue weighted by Crippen LogP contribution is 2.27. The molecular formula is C28H29ClN4O3S. The van der Waals surface area contributed by atoms with Crippen LogP contribution in [0.3, 0.4) is 0 Å². The van der Waals surface area contributed by atoms with Crippen LogP contribution < -0.4 is 20.3 Å². The molecule has 0 unspecified atom stereocenters. The molecule has 0 spiro atoms. The van der Waals surface area contributed by atoms with Gasteiger partial charge in [-0.05, 0) is 80.7 Å². The number of anilines is 2. The van der Waals surface area contributed by atoms with Crippen LogP contribution in [0.25, 0.3) is 0 Å². The summed E-state index contributed by atoms with van der Waals surface area (Å²) < 4.78 is 5.68. The number of rotatable bonds is 6. The Bertz CT molecular complexity index is 1270. The molecule has 0 aromatic heterocycles. The zero-order valence-corrected chi connectivity index (χ0v) is 22.3. The van der Waals surface area contributed by atoms with Crippen molar-refractivity contribution < 1.29 is 14.3 Å². The third-order valence-electron chi connectivity index (χ3n) is 5.85. The van der Waals surface area contributed by atoms with E-state index in [2.05, 4.69) is 15.5 Å². The Morgan fingerprint density at radius 1 is 0.919 bits per heavy atom. The van der Waals surface area contributed by atoms with Crippen LogP contribution in [-0.2, 0) is 0 Å². The van der Waals surface area contributed by atoms with Crippen molar-refractivity contribution >= 4 is 52.1 Å². The highest BCUT2D eigenvalue weighted by atomic mass is 35.5. The molecule has 3 aromatic carbocycles. The SMILES string of the molecule is CC(C)Oc1cccc(C(=O)NC(=S)Nc2ccccc2N2CCN(C(=O)c3ccc(Cl)cc3)CC2)c1. The van der Waals surface area contributed by atoms with Crippen molar-refractivity contribution in [1.29, 1.82) is 0 Å². The highest BCUT2D eigenvalue weighted by molar-refractivity contribution is 7.80. The van der Waals surface area contributed by atoms with Crippen molar-refractivity contribution in [3.05, 3.63) is 88.9 Å². The molecule has 0 radical (unpaired) electrons. The number of amides is 2. The second kappa shape index (κ2) is 12.1. The summed E-state index contributed by atoms with van der Waals surface area (Å²) in [4.78, 5) is 29.6. The van der Waals surface area contributed by atoms with Crippen LogP contribution in [0, 0.1) is 0 Å². The molecule has 7 nitrogen and oxygen atoms in total. The normalized spacial score (nSPS) is 13.3. The Hall–Kier alpha value is -3.62. The number of ether oxygens (including phenoxy) is 1. The van der Waals surface area contributed by atoms with E-state index in [1.54, 1.807) is 42.5 Å². The van der Waals surface area contributed by atoms with Crippen LogP contribution in [0.1, 0.15) is 34.6 Å². The fourth-order valence-corrected chi connectivity index (χ4v) is 4.42. The molecule has 1 heterocycles. The van der Waals surface area contributed by atoms with E-state index in [9.17, 15) is 9.59 Å². The number of thiocarbonyl (C=S) groups is 1. The van der Waals surface area contributed by atoms with Crippen molar-refractivity contribution in [1.82, 2.24) is 10.2 Å². The molecule has 2 N–H and O–H groups in total. The standard InChI is InChI=1S/C28H29ClN4O3S/c1-19(2)36-23-7-5-6-21(18-23)26(34)31-28(37)30-24-8-3-4-9-25(24)32-14-16-33(17-15-32)27(35)20-10-12-22(29)13-11-20/h3-13,18-19H,14-17H2,1-2H3,(H2,30,31,34,37). The van der Waals surface area contributed by atoms with Gasteiger partial charge in [0.25, 0.3) is 11.8 Å². The van der Waals surface area contributed by atoms with Crippen molar-refractivity contribution in [3.8, 4) is 5.75 Å². The van der Waals surface area contributed by atoms with Crippen molar-refractivity contribution in [2.24, 2.45) is 0 Å². The van der Waals surface area contributed by atoms with Gasteiger partial charge >= 0.3 is 0 Å². The number of nitrogens with zero attached hydrogens (tertiary/aromatic N) is 2. The maximum atomic E-state index is 12.8. The summed E-state index contributed by atoms with van der Waals surface area (Å²) in [7, 11) is 0. The molecule has 1 aliphatic heterocycles. The van der Waals surface area contributed by atoms with Crippen molar-refractivity contribution in [2.75, 3.05) is 36.4 Å². The minimum absolute atomic E-state index is 0.00511. The van der Waals surface area contributed by atoms with Gasteiger partial charge in [-0.25, -0.2) is 0 Å². The number of benzene rings is 3. The fraction of sp³-hybridized carbons (Fsp3) is 0.250. The first-order chi connectivity index (χ1) is 17.8. The molecule has 1 aliphatic rings. The summed E-state index contributed by atoms with van der Waals surface area (Å²) in [5.74, 6) is 0.300. The lowest BCUT2D eigenvalue weighted by Gasteiger charge is -2.37. The summed E-state index contributed by atoms with van der Waals surface area (Å²) >= 11 is 11.4. The Morgan fingerprint density at radius 3 is 2.32 bits per heavy atom. The third-order valence-corrected chi connectivity index (χ3v) is 6.30. The van der Waals surface area contributed by atoms with E-state index >= 15 is 0 Å². The second-order valence-corrected chi connectivity index (χ2v) is 9.75. The number of halogens is 1. The van der Waals surface area contributed by atoms with E-state index in [0.717, 1.165) is 11.4 Å². The quantitative estimate of drug-likeness (QED) is 0.421. The van der Waals surface area contributed by atoms with Crippen LogP contribution in [-0.4, -0.2) is 54.1 Å². The summed E-state index contributed by atoms with van der Waals surface area (Å²) in [6.07, 6.45) is 0.00924. The Kier molecular flexibility index (Phi) is 8.63. The van der Waals surface area contributed by atoms with Crippen LogP contribution in [0.2, 0.25) is 5.02 Å². The number of nitrogens with one attached hydrogen (secondary N) is 2. The monoisotopic (exact) mass is 536 g/mol. The topological polar surface area (TPSA) is 73.9 Å². The van der Waals surface area contributed by atoms with Gasteiger partial charge in [0, 0.05) is 42.3 Å². The van der Waals surface area contributed by atoms with Crippen LogP contribution in [0.15, 0.2) is 72.8 Å². The predicted molar refractivity (Wildman–Crippen MR) is 152 cm³/mol. The van der Waals surface area contributed by atoms with Gasteiger partial charge in [0.05, 0.1) is 17.5 Å². The van der Waals surface area contributed by atoms with Crippen LogP contribution >= 0.6 is 23.8 Å². The third kappa shape index (κ3) is 6.99. The van der Waals surface area contributed by atoms with E-state index in [1.165, 1.54) is 0 Å². The average molecular weight is 537 g/mol. The molecule has 192 valence electrons. The van der Waals surface area contributed by atoms with Gasteiger partial charge in [0.1, 0.15) is 5.75 Å². The average Bonchev–Trinajstić information content (AvgIpc) is 2.89. The Balaban J connectivity index is 1.36. The van der Waals surface area contributed by atoms with Crippen LogP contribution in [0.5, 0.6) is 5.75 Å². The predicted octanol–water partition coefficient (Wildman–Crippen LogP) is 5.22. The lowest BCUT2D eigenvalue weighted by molar-refractivity contribution is 0.0746. The minimum Gasteiger partial charge on any atom is -0.491 e. The molecule has 0 aliphatic carbocycles.